The highest BCUT2D eigenvalue weighted by Gasteiger charge is 1.97. The summed E-state index contributed by atoms with van der Waals surface area (Å²) < 4.78 is 0. The highest BCUT2D eigenvalue weighted by molar-refractivity contribution is 6.29. The average molecular weight is 205 g/mol. The van der Waals surface area contributed by atoms with Crippen LogP contribution in [0, 0.1) is 0 Å². The van der Waals surface area contributed by atoms with Gasteiger partial charge in [-0.25, -0.2) is 4.98 Å². The maximum atomic E-state index is 5.69. The minimum absolute atomic E-state index is 0.504. The zero-order valence-electron chi connectivity index (χ0n) is 7.44. The number of rotatable bonds is 1. The quantitative estimate of drug-likeness (QED) is 0.573. The number of anilines is 1. The highest BCUT2D eigenvalue weighted by atomic mass is 35.5. The smallest absolute Gasteiger partial charge is 0.129 e. The van der Waals surface area contributed by atoms with E-state index in [1.165, 1.54) is 0 Å². The molecule has 0 unspecified atom stereocenters. The van der Waals surface area contributed by atoms with Gasteiger partial charge < -0.3 is 5.73 Å². The number of nitrogen functional groups attached to an aromatic ring is 1. The lowest BCUT2D eigenvalue weighted by molar-refractivity contribution is 1.33. The molecule has 14 heavy (non-hydrogen) atoms. The van der Waals surface area contributed by atoms with Crippen LogP contribution in [0.15, 0.2) is 42.6 Å². The van der Waals surface area contributed by atoms with Gasteiger partial charge >= 0.3 is 0 Å². The van der Waals surface area contributed by atoms with Gasteiger partial charge in [0.25, 0.3) is 0 Å². The van der Waals surface area contributed by atoms with E-state index in [4.69, 9.17) is 17.3 Å². The van der Waals surface area contributed by atoms with Crippen molar-refractivity contribution in [2.45, 2.75) is 0 Å². The molecule has 0 atom stereocenters. The van der Waals surface area contributed by atoms with E-state index >= 15 is 0 Å². The first kappa shape index (κ1) is 9.03. The molecule has 70 valence electrons. The van der Waals surface area contributed by atoms with Crippen molar-refractivity contribution in [1.29, 1.82) is 0 Å². The normalized spacial score (nSPS) is 10.1. The van der Waals surface area contributed by atoms with Crippen LogP contribution in [0.3, 0.4) is 0 Å². The number of halogens is 1. The van der Waals surface area contributed by atoms with Crippen LogP contribution in [-0.2, 0) is 0 Å². The van der Waals surface area contributed by atoms with Crippen molar-refractivity contribution in [2.75, 3.05) is 5.73 Å². The second kappa shape index (κ2) is 3.68. The van der Waals surface area contributed by atoms with Crippen molar-refractivity contribution < 1.29 is 0 Å². The van der Waals surface area contributed by atoms with Gasteiger partial charge in [-0.05, 0) is 29.8 Å². The van der Waals surface area contributed by atoms with E-state index in [0.717, 1.165) is 16.8 Å². The molecule has 0 saturated carbocycles. The molecule has 2 aromatic rings. The highest BCUT2D eigenvalue weighted by Crippen LogP contribution is 2.20. The molecule has 0 bridgehead atoms. The standard InChI is InChI=1S/C11H9ClN2/c12-11-6-3-9(7-14-11)8-1-4-10(13)5-2-8/h1-7H,13H2. The van der Waals surface area contributed by atoms with Gasteiger partial charge in [0.15, 0.2) is 0 Å². The summed E-state index contributed by atoms with van der Waals surface area (Å²) in [6.45, 7) is 0. The second-order valence-corrected chi connectivity index (χ2v) is 3.38. The SMILES string of the molecule is Nc1ccc(-c2ccc(Cl)nc2)cc1. The Morgan fingerprint density at radius 1 is 0.929 bits per heavy atom. The molecule has 0 aliphatic rings. The zero-order valence-corrected chi connectivity index (χ0v) is 8.20. The van der Waals surface area contributed by atoms with Crippen LogP contribution in [0.25, 0.3) is 11.1 Å². The molecular formula is C11H9ClN2. The Balaban J connectivity index is 2.40. The summed E-state index contributed by atoms with van der Waals surface area (Å²) in [7, 11) is 0. The molecule has 0 aliphatic carbocycles. The average Bonchev–Trinajstić information content (AvgIpc) is 2.21. The van der Waals surface area contributed by atoms with Gasteiger partial charge in [0.05, 0.1) is 0 Å². The van der Waals surface area contributed by atoms with Crippen molar-refractivity contribution in [3.8, 4) is 11.1 Å². The van der Waals surface area contributed by atoms with E-state index < -0.39 is 0 Å². The number of hydrogen-bond acceptors (Lipinski definition) is 2. The van der Waals surface area contributed by atoms with Crippen molar-refractivity contribution in [3.05, 3.63) is 47.7 Å². The molecule has 1 heterocycles. The maximum absolute atomic E-state index is 5.69. The fourth-order valence-electron chi connectivity index (χ4n) is 1.22. The first-order valence-corrected chi connectivity index (χ1v) is 4.61. The Hall–Kier alpha value is -1.54. The molecular weight excluding hydrogens is 196 g/mol. The van der Waals surface area contributed by atoms with Crippen LogP contribution in [0.1, 0.15) is 0 Å². The maximum Gasteiger partial charge on any atom is 0.129 e. The predicted molar refractivity (Wildman–Crippen MR) is 59.1 cm³/mol. The van der Waals surface area contributed by atoms with Crippen molar-refractivity contribution in [2.24, 2.45) is 0 Å². The first-order valence-electron chi connectivity index (χ1n) is 4.23. The Bertz CT molecular complexity index is 377. The monoisotopic (exact) mass is 204 g/mol. The van der Waals surface area contributed by atoms with Crippen molar-refractivity contribution >= 4 is 17.3 Å². The van der Waals surface area contributed by atoms with E-state index in [2.05, 4.69) is 4.98 Å². The van der Waals surface area contributed by atoms with Gasteiger partial charge in [-0.2, -0.15) is 0 Å². The minimum Gasteiger partial charge on any atom is -0.399 e. The summed E-state index contributed by atoms with van der Waals surface area (Å²) in [6.07, 6.45) is 1.74. The second-order valence-electron chi connectivity index (χ2n) is 2.99. The van der Waals surface area contributed by atoms with Gasteiger partial charge in [0.2, 0.25) is 0 Å². The molecule has 0 saturated heterocycles. The number of nitrogens with zero attached hydrogens (tertiary/aromatic N) is 1. The molecule has 0 aliphatic heterocycles. The van der Waals surface area contributed by atoms with E-state index in [1.54, 1.807) is 12.3 Å². The molecule has 0 fully saturated rings. The zero-order chi connectivity index (χ0) is 9.97. The Morgan fingerprint density at radius 3 is 2.14 bits per heavy atom. The van der Waals surface area contributed by atoms with E-state index in [0.29, 0.717) is 5.15 Å². The number of nitrogens with two attached hydrogens (primary N) is 1. The fraction of sp³-hybridized carbons (Fsp3) is 0. The first-order chi connectivity index (χ1) is 6.75. The van der Waals surface area contributed by atoms with Crippen LogP contribution in [0.5, 0.6) is 0 Å². The summed E-state index contributed by atoms with van der Waals surface area (Å²) >= 11 is 5.69. The minimum atomic E-state index is 0.504. The summed E-state index contributed by atoms with van der Waals surface area (Å²) in [5.41, 5.74) is 8.47. The van der Waals surface area contributed by atoms with Crippen LogP contribution < -0.4 is 5.73 Å². The van der Waals surface area contributed by atoms with E-state index in [9.17, 15) is 0 Å². The van der Waals surface area contributed by atoms with Crippen LogP contribution in [-0.4, -0.2) is 4.98 Å². The number of pyridine rings is 1. The topological polar surface area (TPSA) is 38.9 Å². The molecule has 1 aromatic heterocycles. The lowest BCUT2D eigenvalue weighted by Crippen LogP contribution is -1.84. The molecule has 2 rings (SSSR count). The Kier molecular flexibility index (Phi) is 2.37. The molecule has 2 N–H and O–H groups in total. The van der Waals surface area contributed by atoms with Gasteiger partial charge in [0, 0.05) is 17.4 Å². The number of aromatic nitrogens is 1. The van der Waals surface area contributed by atoms with Gasteiger partial charge in [-0.3, -0.25) is 0 Å². The molecule has 3 heteroatoms. The molecule has 2 nitrogen and oxygen atoms in total. The van der Waals surface area contributed by atoms with Crippen LogP contribution in [0.4, 0.5) is 5.69 Å². The summed E-state index contributed by atoms with van der Waals surface area (Å²) in [6, 6.07) is 11.3. The lowest BCUT2D eigenvalue weighted by Gasteiger charge is -2.01. The van der Waals surface area contributed by atoms with E-state index in [-0.39, 0.29) is 0 Å². The Labute approximate surface area is 87.4 Å². The summed E-state index contributed by atoms with van der Waals surface area (Å²) in [5.74, 6) is 0. The summed E-state index contributed by atoms with van der Waals surface area (Å²) in [4.78, 5) is 4.01. The van der Waals surface area contributed by atoms with Gasteiger partial charge in [0.1, 0.15) is 5.15 Å². The Morgan fingerprint density at radius 2 is 1.57 bits per heavy atom. The molecule has 0 radical (unpaired) electrons. The van der Waals surface area contributed by atoms with Crippen molar-refractivity contribution in [1.82, 2.24) is 4.98 Å². The van der Waals surface area contributed by atoms with Gasteiger partial charge in [-0.15, -0.1) is 0 Å². The molecule has 0 amide bonds. The number of benzene rings is 1. The number of hydrogen-bond donors (Lipinski definition) is 1. The third-order valence-corrected chi connectivity index (χ3v) is 2.19. The van der Waals surface area contributed by atoms with Crippen molar-refractivity contribution in [3.63, 3.8) is 0 Å². The fourth-order valence-corrected chi connectivity index (χ4v) is 1.33. The predicted octanol–water partition coefficient (Wildman–Crippen LogP) is 2.98. The third-order valence-electron chi connectivity index (χ3n) is 1.97. The largest absolute Gasteiger partial charge is 0.399 e. The lowest BCUT2D eigenvalue weighted by atomic mass is 10.1. The van der Waals surface area contributed by atoms with Gasteiger partial charge in [-0.1, -0.05) is 23.7 Å². The molecule has 0 spiro atoms. The van der Waals surface area contributed by atoms with E-state index in [1.807, 2.05) is 30.3 Å². The summed E-state index contributed by atoms with van der Waals surface area (Å²) in [5, 5.41) is 0.504. The van der Waals surface area contributed by atoms with Crippen LogP contribution >= 0.6 is 11.6 Å². The third kappa shape index (κ3) is 1.86. The van der Waals surface area contributed by atoms with Crippen LogP contribution in [0.2, 0.25) is 5.15 Å². The molecule has 1 aromatic carbocycles.